The van der Waals surface area contributed by atoms with Gasteiger partial charge in [-0.25, -0.2) is 0 Å². The van der Waals surface area contributed by atoms with Gasteiger partial charge in [-0.1, -0.05) is 30.3 Å². The standard InChI is InChI=1S/C17H25NO3S/c1-22(19,20)21-15-7-9-17(10-8-15)11-12-18-16(17)13-14-5-3-2-4-6-14/h2-6,15-16,18H,7-13H2,1H3. The summed E-state index contributed by atoms with van der Waals surface area (Å²) in [7, 11) is -3.34. The fourth-order valence-electron chi connectivity index (χ4n) is 4.13. The topological polar surface area (TPSA) is 55.4 Å². The molecule has 1 saturated heterocycles. The number of benzene rings is 1. The Morgan fingerprint density at radius 1 is 1.18 bits per heavy atom. The van der Waals surface area contributed by atoms with Gasteiger partial charge in [-0.2, -0.15) is 8.42 Å². The first-order valence-corrected chi connectivity index (χ1v) is 9.94. The van der Waals surface area contributed by atoms with Gasteiger partial charge in [-0.3, -0.25) is 4.18 Å². The lowest BCUT2D eigenvalue weighted by Crippen LogP contribution is -2.42. The van der Waals surface area contributed by atoms with Crippen molar-refractivity contribution in [2.45, 2.75) is 50.7 Å². The van der Waals surface area contributed by atoms with Gasteiger partial charge >= 0.3 is 0 Å². The van der Waals surface area contributed by atoms with Gasteiger partial charge in [0.25, 0.3) is 10.1 Å². The third kappa shape index (κ3) is 3.70. The summed E-state index contributed by atoms with van der Waals surface area (Å²) in [6.07, 6.45) is 7.06. The van der Waals surface area contributed by atoms with Crippen LogP contribution in [0.3, 0.4) is 0 Å². The normalized spacial score (nSPS) is 32.4. The zero-order chi connectivity index (χ0) is 15.6. The van der Waals surface area contributed by atoms with Crippen LogP contribution in [0.2, 0.25) is 0 Å². The molecule has 2 aliphatic rings. The van der Waals surface area contributed by atoms with E-state index in [1.165, 1.54) is 12.0 Å². The van der Waals surface area contributed by atoms with Gasteiger partial charge < -0.3 is 5.32 Å². The third-order valence-corrected chi connectivity index (χ3v) is 5.90. The van der Waals surface area contributed by atoms with Gasteiger partial charge in [0.15, 0.2) is 0 Å². The summed E-state index contributed by atoms with van der Waals surface area (Å²) in [6.45, 7) is 1.06. The Bertz CT molecular complexity index is 592. The van der Waals surface area contributed by atoms with E-state index in [4.69, 9.17) is 4.18 Å². The van der Waals surface area contributed by atoms with Crippen molar-refractivity contribution in [2.75, 3.05) is 12.8 Å². The summed E-state index contributed by atoms with van der Waals surface area (Å²) in [5.74, 6) is 0. The van der Waals surface area contributed by atoms with Crippen LogP contribution in [0.25, 0.3) is 0 Å². The van der Waals surface area contributed by atoms with E-state index < -0.39 is 10.1 Å². The molecule has 1 aliphatic heterocycles. The Hall–Kier alpha value is -0.910. The molecular formula is C17H25NO3S. The van der Waals surface area contributed by atoms with Gasteiger partial charge in [0.1, 0.15) is 0 Å². The first kappa shape index (κ1) is 16.0. The quantitative estimate of drug-likeness (QED) is 0.865. The lowest BCUT2D eigenvalue weighted by molar-refractivity contribution is 0.0743. The number of nitrogens with one attached hydrogen (secondary N) is 1. The van der Waals surface area contributed by atoms with Crippen molar-refractivity contribution < 1.29 is 12.6 Å². The first-order chi connectivity index (χ1) is 10.5. The second-order valence-corrected chi connectivity index (χ2v) is 8.41. The lowest BCUT2D eigenvalue weighted by Gasteiger charge is -2.41. The van der Waals surface area contributed by atoms with Crippen LogP contribution in [0.15, 0.2) is 30.3 Å². The molecule has 0 radical (unpaired) electrons. The molecule has 1 saturated carbocycles. The highest BCUT2D eigenvalue weighted by Gasteiger charge is 2.45. The van der Waals surface area contributed by atoms with E-state index in [-0.39, 0.29) is 6.10 Å². The Kier molecular flexibility index (Phi) is 4.57. The second-order valence-electron chi connectivity index (χ2n) is 6.81. The second kappa shape index (κ2) is 6.30. The predicted molar refractivity (Wildman–Crippen MR) is 87.2 cm³/mol. The van der Waals surface area contributed by atoms with E-state index in [1.54, 1.807) is 0 Å². The number of rotatable bonds is 4. The minimum absolute atomic E-state index is 0.126. The summed E-state index contributed by atoms with van der Waals surface area (Å²) in [5, 5.41) is 3.67. The van der Waals surface area contributed by atoms with E-state index in [0.717, 1.165) is 44.9 Å². The first-order valence-electron chi connectivity index (χ1n) is 8.12. The van der Waals surface area contributed by atoms with E-state index in [2.05, 4.69) is 35.6 Å². The van der Waals surface area contributed by atoms with Crippen molar-refractivity contribution in [3.63, 3.8) is 0 Å². The molecule has 0 aromatic heterocycles. The maximum Gasteiger partial charge on any atom is 0.264 e. The van der Waals surface area contributed by atoms with Crippen LogP contribution < -0.4 is 5.32 Å². The smallest absolute Gasteiger partial charge is 0.264 e. The Morgan fingerprint density at radius 3 is 2.50 bits per heavy atom. The molecule has 1 N–H and O–H groups in total. The van der Waals surface area contributed by atoms with Gasteiger partial charge in [0.05, 0.1) is 12.4 Å². The SMILES string of the molecule is CS(=O)(=O)OC1CCC2(CCNC2Cc2ccccc2)CC1. The number of hydrogen-bond acceptors (Lipinski definition) is 4. The van der Waals surface area contributed by atoms with Crippen molar-refractivity contribution in [3.05, 3.63) is 35.9 Å². The highest BCUT2D eigenvalue weighted by atomic mass is 32.2. The highest BCUT2D eigenvalue weighted by molar-refractivity contribution is 7.86. The average molecular weight is 323 g/mol. The molecule has 1 atom stereocenters. The minimum atomic E-state index is -3.34. The van der Waals surface area contributed by atoms with E-state index >= 15 is 0 Å². The number of hydrogen-bond donors (Lipinski definition) is 1. The monoisotopic (exact) mass is 323 g/mol. The van der Waals surface area contributed by atoms with E-state index in [1.807, 2.05) is 0 Å². The Morgan fingerprint density at radius 2 is 1.86 bits per heavy atom. The van der Waals surface area contributed by atoms with Crippen molar-refractivity contribution >= 4 is 10.1 Å². The molecule has 1 spiro atoms. The van der Waals surface area contributed by atoms with Crippen molar-refractivity contribution in [1.29, 1.82) is 0 Å². The van der Waals surface area contributed by atoms with Crippen LogP contribution in [-0.4, -0.2) is 33.4 Å². The van der Waals surface area contributed by atoms with Crippen molar-refractivity contribution in [2.24, 2.45) is 5.41 Å². The molecule has 3 rings (SSSR count). The molecule has 1 heterocycles. The molecule has 2 fully saturated rings. The molecule has 122 valence electrons. The molecular weight excluding hydrogens is 298 g/mol. The Balaban J connectivity index is 1.63. The maximum atomic E-state index is 11.3. The van der Waals surface area contributed by atoms with Gasteiger partial charge in [0.2, 0.25) is 0 Å². The van der Waals surface area contributed by atoms with Crippen LogP contribution in [0.4, 0.5) is 0 Å². The van der Waals surface area contributed by atoms with Crippen molar-refractivity contribution in [3.8, 4) is 0 Å². The van der Waals surface area contributed by atoms with E-state index in [9.17, 15) is 8.42 Å². The lowest BCUT2D eigenvalue weighted by atomic mass is 9.67. The molecule has 1 aliphatic carbocycles. The summed E-state index contributed by atoms with van der Waals surface area (Å²) in [5.41, 5.74) is 1.68. The van der Waals surface area contributed by atoms with Crippen LogP contribution in [0, 0.1) is 5.41 Å². The van der Waals surface area contributed by atoms with Crippen LogP contribution in [-0.2, 0) is 20.7 Å². The highest BCUT2D eigenvalue weighted by Crippen LogP contribution is 2.46. The summed E-state index contributed by atoms with van der Waals surface area (Å²) in [4.78, 5) is 0. The zero-order valence-electron chi connectivity index (χ0n) is 13.1. The fourth-order valence-corrected chi connectivity index (χ4v) is 4.82. The molecule has 1 unspecified atom stereocenters. The fraction of sp³-hybridized carbons (Fsp3) is 0.647. The average Bonchev–Trinajstić information content (AvgIpc) is 2.84. The van der Waals surface area contributed by atoms with Crippen LogP contribution in [0.1, 0.15) is 37.7 Å². The molecule has 1 aromatic carbocycles. The van der Waals surface area contributed by atoms with Gasteiger partial charge in [-0.05, 0) is 56.0 Å². The zero-order valence-corrected chi connectivity index (χ0v) is 13.9. The summed E-state index contributed by atoms with van der Waals surface area (Å²) >= 11 is 0. The molecule has 1 aromatic rings. The molecule has 0 bridgehead atoms. The van der Waals surface area contributed by atoms with Gasteiger partial charge in [-0.15, -0.1) is 0 Å². The van der Waals surface area contributed by atoms with Crippen LogP contribution >= 0.6 is 0 Å². The molecule has 4 nitrogen and oxygen atoms in total. The molecule has 22 heavy (non-hydrogen) atoms. The van der Waals surface area contributed by atoms with E-state index in [0.29, 0.717) is 11.5 Å². The Labute approximate surface area is 133 Å². The minimum Gasteiger partial charge on any atom is -0.313 e. The largest absolute Gasteiger partial charge is 0.313 e. The van der Waals surface area contributed by atoms with Crippen molar-refractivity contribution in [1.82, 2.24) is 5.32 Å². The summed E-state index contributed by atoms with van der Waals surface area (Å²) in [6, 6.07) is 11.1. The summed E-state index contributed by atoms with van der Waals surface area (Å²) < 4.78 is 27.8. The molecule has 0 amide bonds. The predicted octanol–water partition coefficient (Wildman–Crippen LogP) is 2.50. The maximum absolute atomic E-state index is 11.3. The third-order valence-electron chi connectivity index (χ3n) is 5.27. The van der Waals surface area contributed by atoms with Gasteiger partial charge in [0, 0.05) is 6.04 Å². The molecule has 5 heteroatoms. The van der Waals surface area contributed by atoms with Crippen LogP contribution in [0.5, 0.6) is 0 Å².